The second kappa shape index (κ2) is 11.3. The summed E-state index contributed by atoms with van der Waals surface area (Å²) in [7, 11) is 0. The van der Waals surface area contributed by atoms with Crippen molar-refractivity contribution in [2.45, 2.75) is 70.3 Å². The molecule has 0 aliphatic carbocycles. The highest BCUT2D eigenvalue weighted by Crippen LogP contribution is 2.29. The molecule has 1 aromatic carbocycles. The van der Waals surface area contributed by atoms with Crippen LogP contribution < -0.4 is 10.2 Å². The second-order valence-electron chi connectivity index (χ2n) is 9.33. The van der Waals surface area contributed by atoms with Crippen LogP contribution in [-0.2, 0) is 14.4 Å². The van der Waals surface area contributed by atoms with Gasteiger partial charge in [-0.1, -0.05) is 0 Å². The number of hydrogen-bond acceptors (Lipinski definition) is 5. The molecule has 0 saturated carbocycles. The van der Waals surface area contributed by atoms with Crippen LogP contribution in [0.2, 0.25) is 0 Å². The summed E-state index contributed by atoms with van der Waals surface area (Å²) in [6, 6.07) is 9.20. The fourth-order valence-corrected chi connectivity index (χ4v) is 5.14. The molecule has 4 rings (SSSR count). The zero-order valence-electron chi connectivity index (χ0n) is 20.1. The summed E-state index contributed by atoms with van der Waals surface area (Å²) < 4.78 is 31.7. The van der Waals surface area contributed by atoms with E-state index >= 15 is 0 Å². The van der Waals surface area contributed by atoms with Crippen molar-refractivity contribution in [3.63, 3.8) is 0 Å². The monoisotopic (exact) mass is 498 g/mol. The number of carboxylic acids is 1. The van der Waals surface area contributed by atoms with E-state index in [1.54, 1.807) is 4.90 Å². The number of likely N-dealkylation sites (tertiary alicyclic amines) is 2. The van der Waals surface area contributed by atoms with Crippen LogP contribution in [0.4, 0.5) is 24.5 Å². The highest BCUT2D eigenvalue weighted by atomic mass is 19.4. The number of halogens is 3. The molecule has 3 saturated heterocycles. The molecule has 3 aliphatic heterocycles. The molecule has 0 radical (unpaired) electrons. The molecule has 0 bridgehead atoms. The fraction of sp³-hybridized carbons (Fsp3) is 0.625. The first kappa shape index (κ1) is 26.8. The van der Waals surface area contributed by atoms with Gasteiger partial charge < -0.3 is 20.2 Å². The van der Waals surface area contributed by atoms with Gasteiger partial charge in [-0.15, -0.1) is 0 Å². The van der Waals surface area contributed by atoms with Gasteiger partial charge in [-0.2, -0.15) is 13.2 Å². The maximum Gasteiger partial charge on any atom is 0.490 e. The van der Waals surface area contributed by atoms with E-state index in [2.05, 4.69) is 34.2 Å². The smallest absolute Gasteiger partial charge is 0.475 e. The van der Waals surface area contributed by atoms with Crippen LogP contribution in [0.1, 0.15) is 46.0 Å². The summed E-state index contributed by atoms with van der Waals surface area (Å²) in [6.45, 7) is 7.99. The van der Waals surface area contributed by atoms with Crippen LogP contribution in [0.5, 0.6) is 0 Å². The lowest BCUT2D eigenvalue weighted by molar-refractivity contribution is -0.192. The van der Waals surface area contributed by atoms with Crippen molar-refractivity contribution in [3.05, 3.63) is 24.3 Å². The van der Waals surface area contributed by atoms with E-state index in [9.17, 15) is 22.8 Å². The number of nitrogens with zero attached hydrogens (tertiary/aromatic N) is 3. The van der Waals surface area contributed by atoms with E-state index in [1.807, 2.05) is 12.1 Å². The van der Waals surface area contributed by atoms with E-state index in [4.69, 9.17) is 9.90 Å². The number of carbonyl (C=O) groups is 3. The van der Waals surface area contributed by atoms with Crippen LogP contribution >= 0.6 is 0 Å². The minimum Gasteiger partial charge on any atom is -0.475 e. The molecule has 2 amide bonds. The SMILES string of the molecule is CC(=O)N1CCCC1C(=O)Nc1ccc(N2CCC(N3CCCC3C)C2)cc1.O=C(O)C(F)(F)F. The number of nitrogens with one attached hydrogen (secondary N) is 1. The molecule has 3 unspecified atom stereocenters. The number of rotatable bonds is 4. The number of amides is 2. The van der Waals surface area contributed by atoms with Crippen LogP contribution in [0.15, 0.2) is 24.3 Å². The van der Waals surface area contributed by atoms with Gasteiger partial charge in [0.25, 0.3) is 0 Å². The quantitative estimate of drug-likeness (QED) is 0.662. The van der Waals surface area contributed by atoms with E-state index in [-0.39, 0.29) is 17.9 Å². The maximum atomic E-state index is 12.6. The summed E-state index contributed by atoms with van der Waals surface area (Å²) in [5, 5.41) is 10.1. The van der Waals surface area contributed by atoms with Crippen molar-refractivity contribution in [2.75, 3.05) is 36.4 Å². The minimum absolute atomic E-state index is 0.0242. The summed E-state index contributed by atoms with van der Waals surface area (Å²) in [5.41, 5.74) is 2.02. The highest BCUT2D eigenvalue weighted by molar-refractivity contribution is 5.97. The van der Waals surface area contributed by atoms with Crippen LogP contribution in [-0.4, -0.2) is 83.2 Å². The number of hydrogen-bond donors (Lipinski definition) is 2. The van der Waals surface area contributed by atoms with E-state index < -0.39 is 12.1 Å². The normalized spacial score (nSPS) is 24.8. The fourth-order valence-electron chi connectivity index (χ4n) is 5.14. The molecule has 3 aliphatic rings. The predicted octanol–water partition coefficient (Wildman–Crippen LogP) is 3.33. The van der Waals surface area contributed by atoms with Gasteiger partial charge in [0, 0.05) is 50.0 Å². The Morgan fingerprint density at radius 1 is 1.00 bits per heavy atom. The third-order valence-corrected chi connectivity index (χ3v) is 6.94. The number of aliphatic carboxylic acids is 1. The molecule has 0 aromatic heterocycles. The Morgan fingerprint density at radius 3 is 2.17 bits per heavy atom. The van der Waals surface area contributed by atoms with Gasteiger partial charge in [0.05, 0.1) is 0 Å². The zero-order valence-corrected chi connectivity index (χ0v) is 20.1. The van der Waals surface area contributed by atoms with Gasteiger partial charge in [-0.05, 0) is 69.8 Å². The Bertz CT molecular complexity index is 909. The van der Waals surface area contributed by atoms with E-state index in [0.29, 0.717) is 18.6 Å². The van der Waals surface area contributed by atoms with Gasteiger partial charge in [-0.25, -0.2) is 4.79 Å². The largest absolute Gasteiger partial charge is 0.490 e. The van der Waals surface area contributed by atoms with Gasteiger partial charge in [0.1, 0.15) is 6.04 Å². The summed E-state index contributed by atoms with van der Waals surface area (Å²) >= 11 is 0. The van der Waals surface area contributed by atoms with Crippen molar-refractivity contribution in [2.24, 2.45) is 0 Å². The van der Waals surface area contributed by atoms with Crippen LogP contribution in [0.3, 0.4) is 0 Å². The number of carboxylic acid groups (broad SMARTS) is 1. The molecule has 35 heavy (non-hydrogen) atoms. The topological polar surface area (TPSA) is 93.2 Å². The standard InChI is InChI=1S/C22H32N4O2.C2HF3O2/c1-16-5-3-12-25(16)20-11-14-24(15-20)19-9-7-18(8-10-19)23-22(28)21-6-4-13-26(21)17(2)27;3-2(4,5)1(6)7/h7-10,16,20-21H,3-6,11-15H2,1-2H3,(H,23,28);(H,6,7). The molecule has 2 N–H and O–H groups in total. The molecule has 1 aromatic rings. The van der Waals surface area contributed by atoms with Gasteiger partial charge in [0.2, 0.25) is 11.8 Å². The van der Waals surface area contributed by atoms with Gasteiger partial charge in [-0.3, -0.25) is 14.5 Å². The van der Waals surface area contributed by atoms with Crippen LogP contribution in [0, 0.1) is 0 Å². The van der Waals surface area contributed by atoms with Crippen LogP contribution in [0.25, 0.3) is 0 Å². The Hall–Kier alpha value is -2.82. The number of carbonyl (C=O) groups excluding carboxylic acids is 2. The lowest BCUT2D eigenvalue weighted by Gasteiger charge is -2.28. The first-order valence-corrected chi connectivity index (χ1v) is 12.0. The lowest BCUT2D eigenvalue weighted by atomic mass is 10.2. The molecule has 11 heteroatoms. The molecule has 8 nitrogen and oxygen atoms in total. The Morgan fingerprint density at radius 2 is 1.63 bits per heavy atom. The third-order valence-electron chi connectivity index (χ3n) is 6.94. The van der Waals surface area contributed by atoms with Crippen molar-refractivity contribution in [3.8, 4) is 0 Å². The second-order valence-corrected chi connectivity index (χ2v) is 9.33. The maximum absolute atomic E-state index is 12.6. The number of benzene rings is 1. The minimum atomic E-state index is -5.08. The lowest BCUT2D eigenvalue weighted by Crippen LogP contribution is -2.42. The van der Waals surface area contributed by atoms with Gasteiger partial charge >= 0.3 is 12.1 Å². The summed E-state index contributed by atoms with van der Waals surface area (Å²) in [6.07, 6.45) is 0.433. The van der Waals surface area contributed by atoms with Crippen molar-refractivity contribution < 1.29 is 32.7 Å². The molecular formula is C24H33F3N4O4. The Labute approximate surface area is 203 Å². The molecule has 194 valence electrons. The first-order chi connectivity index (χ1) is 16.5. The van der Waals surface area contributed by atoms with Crippen molar-refractivity contribution in [1.82, 2.24) is 9.80 Å². The summed E-state index contributed by atoms with van der Waals surface area (Å²) in [5.74, 6) is -2.86. The predicted molar refractivity (Wildman–Crippen MR) is 125 cm³/mol. The highest BCUT2D eigenvalue weighted by Gasteiger charge is 2.38. The van der Waals surface area contributed by atoms with E-state index in [1.165, 1.54) is 38.4 Å². The average molecular weight is 499 g/mol. The molecule has 3 fully saturated rings. The third kappa shape index (κ3) is 6.87. The molecule has 0 spiro atoms. The molecule has 3 atom stereocenters. The Kier molecular flexibility index (Phi) is 8.63. The van der Waals surface area contributed by atoms with E-state index in [0.717, 1.165) is 31.6 Å². The number of anilines is 2. The van der Waals surface area contributed by atoms with Gasteiger partial charge in [0.15, 0.2) is 0 Å². The molecular weight excluding hydrogens is 465 g/mol. The van der Waals surface area contributed by atoms with Crippen molar-refractivity contribution >= 4 is 29.2 Å². The van der Waals surface area contributed by atoms with Crippen molar-refractivity contribution in [1.29, 1.82) is 0 Å². The summed E-state index contributed by atoms with van der Waals surface area (Å²) in [4.78, 5) is 40.0. The first-order valence-electron chi connectivity index (χ1n) is 12.0. The molecule has 3 heterocycles. The number of alkyl halides is 3. The average Bonchev–Trinajstić information content (AvgIpc) is 3.54. The Balaban J connectivity index is 0.000000429. The zero-order chi connectivity index (χ0) is 25.8.